The normalized spacial score (nSPS) is 20.8. The molecule has 0 saturated carbocycles. The first-order valence-electron chi connectivity index (χ1n) is 7.79. The largest absolute Gasteiger partial charge is 0.497 e. The number of amides is 1. The van der Waals surface area contributed by atoms with E-state index in [1.807, 2.05) is 0 Å². The summed E-state index contributed by atoms with van der Waals surface area (Å²) < 4.78 is 35.5. The number of benzene rings is 1. The van der Waals surface area contributed by atoms with Crippen LogP contribution < -0.4 is 9.47 Å². The lowest BCUT2D eigenvalue weighted by Crippen LogP contribution is -2.33. The number of carbonyl (C=O) groups is 1. The van der Waals surface area contributed by atoms with Crippen molar-refractivity contribution >= 4 is 15.9 Å². The second kappa shape index (κ2) is 7.59. The van der Waals surface area contributed by atoms with Crippen molar-refractivity contribution in [2.45, 2.75) is 6.10 Å². The Morgan fingerprint density at radius 3 is 2.52 bits per heavy atom. The van der Waals surface area contributed by atoms with E-state index >= 15 is 0 Å². The molecule has 1 heterocycles. The Balaban J connectivity index is 2.17. The van der Waals surface area contributed by atoms with E-state index in [2.05, 4.69) is 0 Å². The average Bonchev–Trinajstić information content (AvgIpc) is 2.93. The molecule has 1 aromatic rings. The van der Waals surface area contributed by atoms with Gasteiger partial charge in [0.15, 0.2) is 0 Å². The van der Waals surface area contributed by atoms with Crippen LogP contribution in [0, 0.1) is 5.92 Å². The maximum atomic E-state index is 12.8. The molecule has 8 nitrogen and oxygen atoms in total. The number of ether oxygens (including phenoxy) is 2. The third kappa shape index (κ3) is 4.23. The zero-order valence-electron chi connectivity index (χ0n) is 14.8. The zero-order chi connectivity index (χ0) is 18.8. The van der Waals surface area contributed by atoms with E-state index < -0.39 is 22.0 Å². The van der Waals surface area contributed by atoms with Gasteiger partial charge in [0.1, 0.15) is 11.5 Å². The highest BCUT2D eigenvalue weighted by molar-refractivity contribution is 7.89. The van der Waals surface area contributed by atoms with Crippen LogP contribution in [0.3, 0.4) is 0 Å². The summed E-state index contributed by atoms with van der Waals surface area (Å²) >= 11 is 0. The number of likely N-dealkylation sites (tertiary alicyclic amines) is 1. The first kappa shape index (κ1) is 19.5. The van der Waals surface area contributed by atoms with Gasteiger partial charge < -0.3 is 19.5 Å². The minimum atomic E-state index is -3.46. The van der Waals surface area contributed by atoms with Gasteiger partial charge >= 0.3 is 0 Å². The molecule has 1 amide bonds. The predicted molar refractivity (Wildman–Crippen MR) is 92.4 cm³/mol. The summed E-state index contributed by atoms with van der Waals surface area (Å²) in [5.74, 6) is -0.123. The fourth-order valence-electron chi connectivity index (χ4n) is 2.75. The van der Waals surface area contributed by atoms with Crippen molar-refractivity contribution in [3.05, 3.63) is 23.8 Å². The number of nitrogens with zero attached hydrogens (tertiary/aromatic N) is 2. The topological polar surface area (TPSA) is 96.4 Å². The standard InChI is InChI=1S/C16H24N2O6S/c1-17(2)25(21,22)10-11-8-18(9-14(11)19)16(20)13-6-5-12(23-3)7-15(13)24-4/h5-7,11,14,19H,8-10H2,1-4H3/t11-,14-/m0/s1. The Bertz CT molecular complexity index is 734. The maximum absolute atomic E-state index is 12.8. The molecule has 0 aliphatic carbocycles. The van der Waals surface area contributed by atoms with Gasteiger partial charge in [-0.15, -0.1) is 0 Å². The summed E-state index contributed by atoms with van der Waals surface area (Å²) in [5.41, 5.74) is 0.339. The molecule has 140 valence electrons. The smallest absolute Gasteiger partial charge is 0.257 e. The average molecular weight is 372 g/mol. The van der Waals surface area contributed by atoms with E-state index in [4.69, 9.17) is 9.47 Å². The van der Waals surface area contributed by atoms with Crippen LogP contribution in [0.5, 0.6) is 11.5 Å². The fraction of sp³-hybridized carbons (Fsp3) is 0.562. The van der Waals surface area contributed by atoms with Crippen molar-refractivity contribution < 1.29 is 27.8 Å². The zero-order valence-corrected chi connectivity index (χ0v) is 15.6. The molecule has 2 atom stereocenters. The number of sulfonamides is 1. The van der Waals surface area contributed by atoms with E-state index in [0.29, 0.717) is 17.1 Å². The summed E-state index contributed by atoms with van der Waals surface area (Å²) in [6, 6.07) is 4.85. The minimum absolute atomic E-state index is 0.0850. The van der Waals surface area contributed by atoms with Gasteiger partial charge in [-0.25, -0.2) is 12.7 Å². The van der Waals surface area contributed by atoms with Gasteiger partial charge in [0.05, 0.1) is 31.6 Å². The molecule has 1 aromatic carbocycles. The van der Waals surface area contributed by atoms with Crippen LogP contribution in [-0.2, 0) is 10.0 Å². The first-order valence-corrected chi connectivity index (χ1v) is 9.40. The third-order valence-electron chi connectivity index (χ3n) is 4.31. The van der Waals surface area contributed by atoms with Crippen molar-refractivity contribution in [3.63, 3.8) is 0 Å². The van der Waals surface area contributed by atoms with E-state index in [9.17, 15) is 18.3 Å². The predicted octanol–water partition coefficient (Wildman–Crippen LogP) is 0.0281. The molecule has 0 aromatic heterocycles. The van der Waals surface area contributed by atoms with Crippen LogP contribution in [0.1, 0.15) is 10.4 Å². The van der Waals surface area contributed by atoms with Crippen LogP contribution in [0.2, 0.25) is 0 Å². The Labute approximate surface area is 148 Å². The van der Waals surface area contributed by atoms with E-state index in [1.54, 1.807) is 18.2 Å². The molecule has 0 radical (unpaired) electrons. The number of rotatable bonds is 6. The highest BCUT2D eigenvalue weighted by atomic mass is 32.2. The lowest BCUT2D eigenvalue weighted by Gasteiger charge is -2.19. The third-order valence-corrected chi connectivity index (χ3v) is 6.28. The lowest BCUT2D eigenvalue weighted by molar-refractivity contribution is 0.0761. The summed E-state index contributed by atoms with van der Waals surface area (Å²) in [6.07, 6.45) is -0.886. The van der Waals surface area contributed by atoms with Crippen molar-refractivity contribution in [1.29, 1.82) is 0 Å². The molecule has 9 heteroatoms. The summed E-state index contributed by atoms with van der Waals surface area (Å²) in [6.45, 7) is 0.254. The SMILES string of the molecule is COc1ccc(C(=O)N2C[C@@H](CS(=O)(=O)N(C)C)[C@@H](O)C2)c(OC)c1. The quantitative estimate of drug-likeness (QED) is 0.757. The monoisotopic (exact) mass is 372 g/mol. The second-order valence-corrected chi connectivity index (χ2v) is 8.39. The number of carbonyl (C=O) groups excluding carboxylic acids is 1. The van der Waals surface area contributed by atoms with Gasteiger partial charge in [0.2, 0.25) is 10.0 Å². The molecule has 0 unspecified atom stereocenters. The Hall–Kier alpha value is -1.84. The highest BCUT2D eigenvalue weighted by Gasteiger charge is 2.38. The molecule has 1 N–H and O–H groups in total. The number of methoxy groups -OCH3 is 2. The van der Waals surface area contributed by atoms with Crippen molar-refractivity contribution in [3.8, 4) is 11.5 Å². The Morgan fingerprint density at radius 1 is 1.28 bits per heavy atom. The molecule has 0 spiro atoms. The highest BCUT2D eigenvalue weighted by Crippen LogP contribution is 2.28. The van der Waals surface area contributed by atoms with E-state index in [-0.39, 0.29) is 24.7 Å². The Morgan fingerprint density at radius 2 is 1.96 bits per heavy atom. The van der Waals surface area contributed by atoms with Crippen LogP contribution in [0.15, 0.2) is 18.2 Å². The van der Waals surface area contributed by atoms with Crippen LogP contribution in [0.4, 0.5) is 0 Å². The molecule has 1 aliphatic heterocycles. The summed E-state index contributed by atoms with van der Waals surface area (Å²) in [7, 11) is 2.41. The van der Waals surface area contributed by atoms with Crippen molar-refractivity contribution in [1.82, 2.24) is 9.21 Å². The molecule has 25 heavy (non-hydrogen) atoms. The second-order valence-electron chi connectivity index (χ2n) is 6.16. The van der Waals surface area contributed by atoms with Crippen molar-refractivity contribution in [2.24, 2.45) is 5.92 Å². The number of hydrogen-bond donors (Lipinski definition) is 1. The van der Waals surface area contributed by atoms with Crippen molar-refractivity contribution in [2.75, 3.05) is 47.2 Å². The first-order chi connectivity index (χ1) is 11.7. The fourth-order valence-corrected chi connectivity index (χ4v) is 3.92. The van der Waals surface area contributed by atoms with Crippen LogP contribution in [0.25, 0.3) is 0 Å². The molecular weight excluding hydrogens is 348 g/mol. The number of hydrogen-bond acceptors (Lipinski definition) is 6. The number of aliphatic hydroxyl groups excluding tert-OH is 1. The molecular formula is C16H24N2O6S. The van der Waals surface area contributed by atoms with Crippen LogP contribution in [-0.4, -0.2) is 81.9 Å². The minimum Gasteiger partial charge on any atom is -0.497 e. The molecule has 1 aliphatic rings. The van der Waals surface area contributed by atoms with Gasteiger partial charge in [-0.3, -0.25) is 4.79 Å². The molecule has 1 fully saturated rings. The Kier molecular flexibility index (Phi) is 5.91. The van der Waals surface area contributed by atoms with E-state index in [1.165, 1.54) is 33.2 Å². The van der Waals surface area contributed by atoms with Gasteiger partial charge in [0, 0.05) is 39.2 Å². The van der Waals surface area contributed by atoms with Gasteiger partial charge in [0.25, 0.3) is 5.91 Å². The molecule has 2 rings (SSSR count). The maximum Gasteiger partial charge on any atom is 0.257 e. The number of aliphatic hydroxyl groups is 1. The summed E-state index contributed by atoms with van der Waals surface area (Å²) in [5, 5.41) is 10.2. The van der Waals surface area contributed by atoms with Crippen LogP contribution >= 0.6 is 0 Å². The van der Waals surface area contributed by atoms with Gasteiger partial charge in [-0.05, 0) is 12.1 Å². The van der Waals surface area contributed by atoms with E-state index in [0.717, 1.165) is 4.31 Å². The lowest BCUT2D eigenvalue weighted by atomic mass is 10.1. The van der Waals surface area contributed by atoms with Gasteiger partial charge in [-0.1, -0.05) is 0 Å². The number of β-amino-alcohol motifs (C(OH)–C–C–N with tert-alkyl or cyclic N) is 1. The summed E-state index contributed by atoms with van der Waals surface area (Å²) in [4.78, 5) is 14.2. The van der Waals surface area contributed by atoms with Gasteiger partial charge in [-0.2, -0.15) is 0 Å². The molecule has 0 bridgehead atoms. The molecule has 1 saturated heterocycles.